The van der Waals surface area contributed by atoms with Crippen molar-refractivity contribution in [3.05, 3.63) is 0 Å². The van der Waals surface area contributed by atoms with Crippen molar-refractivity contribution >= 4 is 37.6 Å². The summed E-state index contributed by atoms with van der Waals surface area (Å²) in [5, 5.41) is 0. The van der Waals surface area contributed by atoms with Gasteiger partial charge in [0, 0.05) is 19.3 Å². The molecule has 0 N–H and O–H groups in total. The van der Waals surface area contributed by atoms with Crippen LogP contribution in [0.25, 0.3) is 0 Å². The van der Waals surface area contributed by atoms with Gasteiger partial charge in [0.05, 0.1) is 12.5 Å². The number of nitrogens with zero attached hydrogens (tertiary/aromatic N) is 2. The second-order valence-corrected chi connectivity index (χ2v) is 7.10. The summed E-state index contributed by atoms with van der Waals surface area (Å²) in [7, 11) is -7.88. The van der Waals surface area contributed by atoms with E-state index in [-0.39, 0.29) is 16.8 Å². The minimum Gasteiger partial charge on any atom is -0.273 e. The van der Waals surface area contributed by atoms with Gasteiger partial charge in [0.15, 0.2) is 0 Å². The third-order valence-electron chi connectivity index (χ3n) is 1.44. The van der Waals surface area contributed by atoms with E-state index in [4.69, 9.17) is 11.6 Å². The average Bonchev–Trinajstić information content (AvgIpc) is 1.98. The second kappa shape index (κ2) is 5.30. The number of hydrogen-bond acceptors (Lipinski definition) is 5. The van der Waals surface area contributed by atoms with E-state index >= 15 is 0 Å². The van der Waals surface area contributed by atoms with E-state index in [1.807, 2.05) is 0 Å². The smallest absolute Gasteiger partial charge is 0.249 e. The zero-order valence-electron chi connectivity index (χ0n) is 9.04. The van der Waals surface area contributed by atoms with E-state index in [1.54, 1.807) is 0 Å². The first kappa shape index (κ1) is 15.6. The fourth-order valence-electron chi connectivity index (χ4n) is 1.02. The van der Waals surface area contributed by atoms with Crippen LogP contribution in [-0.4, -0.2) is 56.5 Å². The van der Waals surface area contributed by atoms with Crippen molar-refractivity contribution < 1.29 is 21.6 Å². The highest BCUT2D eigenvalue weighted by Gasteiger charge is 2.33. The first-order valence-electron chi connectivity index (χ1n) is 4.06. The van der Waals surface area contributed by atoms with Crippen LogP contribution in [0.4, 0.5) is 0 Å². The minimum atomic E-state index is -4.00. The molecule has 0 unspecified atom stereocenters. The predicted octanol–water partition coefficient (Wildman–Crippen LogP) is -0.790. The molecule has 0 heterocycles. The lowest BCUT2D eigenvalue weighted by Crippen LogP contribution is -2.51. The van der Waals surface area contributed by atoms with Crippen molar-refractivity contribution in [1.82, 2.24) is 8.83 Å². The van der Waals surface area contributed by atoms with Crippen LogP contribution in [0.1, 0.15) is 6.92 Å². The quantitative estimate of drug-likeness (QED) is 0.489. The maximum atomic E-state index is 11.3. The Bertz CT molecular complexity index is 457. The average molecular weight is 293 g/mol. The van der Waals surface area contributed by atoms with E-state index in [0.29, 0.717) is 4.41 Å². The number of amides is 1. The van der Waals surface area contributed by atoms with Gasteiger partial charge >= 0.3 is 0 Å². The predicted molar refractivity (Wildman–Crippen MR) is 59.6 cm³/mol. The highest BCUT2D eigenvalue weighted by Crippen LogP contribution is 2.10. The number of carbonyl (C=O) groups excluding carboxylic acids is 1. The van der Waals surface area contributed by atoms with Crippen molar-refractivity contribution in [2.75, 3.05) is 24.9 Å². The number of halogens is 1. The Morgan fingerprint density at radius 1 is 1.12 bits per heavy atom. The van der Waals surface area contributed by atoms with E-state index in [0.717, 1.165) is 19.4 Å². The number of alkyl halides is 1. The monoisotopic (exact) mass is 292 g/mol. The van der Waals surface area contributed by atoms with E-state index in [1.165, 1.54) is 0 Å². The standard InChI is InChI=1S/C6H13ClN2O5S2/c1-6(10)9(16(3,13)14)8(5-4-7)15(2,11)12/h4-5H2,1-3H3. The highest BCUT2D eigenvalue weighted by molar-refractivity contribution is 7.91. The molecule has 0 aromatic heterocycles. The number of carbonyl (C=O) groups is 1. The second-order valence-electron chi connectivity index (χ2n) is 3.02. The third kappa shape index (κ3) is 4.24. The van der Waals surface area contributed by atoms with Crippen molar-refractivity contribution in [3.8, 4) is 0 Å². The zero-order chi connectivity index (χ0) is 13.1. The summed E-state index contributed by atoms with van der Waals surface area (Å²) in [6.07, 6.45) is 1.53. The lowest BCUT2D eigenvalue weighted by atomic mass is 10.7. The Morgan fingerprint density at radius 2 is 1.56 bits per heavy atom. The van der Waals surface area contributed by atoms with Crippen molar-refractivity contribution in [3.63, 3.8) is 0 Å². The molecule has 0 atom stereocenters. The molecule has 0 saturated carbocycles. The van der Waals surface area contributed by atoms with Gasteiger partial charge in [-0.25, -0.2) is 16.8 Å². The molecule has 0 saturated heterocycles. The van der Waals surface area contributed by atoms with Crippen LogP contribution in [0.5, 0.6) is 0 Å². The van der Waals surface area contributed by atoms with Crippen LogP contribution in [0.2, 0.25) is 0 Å². The molecule has 0 radical (unpaired) electrons. The summed E-state index contributed by atoms with van der Waals surface area (Å²) in [6, 6.07) is 0. The Labute approximate surface area is 100 Å². The van der Waals surface area contributed by atoms with E-state index in [9.17, 15) is 21.6 Å². The van der Waals surface area contributed by atoms with E-state index < -0.39 is 26.0 Å². The zero-order valence-corrected chi connectivity index (χ0v) is 11.4. The third-order valence-corrected chi connectivity index (χ3v) is 3.91. The van der Waals surface area contributed by atoms with Crippen LogP contribution in [0.15, 0.2) is 0 Å². The van der Waals surface area contributed by atoms with Gasteiger partial charge in [-0.1, -0.05) is 4.41 Å². The van der Waals surface area contributed by atoms with Crippen molar-refractivity contribution in [2.24, 2.45) is 0 Å². The van der Waals surface area contributed by atoms with Crippen LogP contribution >= 0.6 is 11.6 Å². The van der Waals surface area contributed by atoms with Gasteiger partial charge in [0.1, 0.15) is 0 Å². The molecule has 0 bridgehead atoms. The fraction of sp³-hybridized carbons (Fsp3) is 0.833. The van der Waals surface area contributed by atoms with Gasteiger partial charge in [0.2, 0.25) is 26.0 Å². The van der Waals surface area contributed by atoms with Crippen LogP contribution in [0.3, 0.4) is 0 Å². The molecular weight excluding hydrogens is 280 g/mol. The van der Waals surface area contributed by atoms with Crippen molar-refractivity contribution in [2.45, 2.75) is 6.92 Å². The van der Waals surface area contributed by atoms with Crippen LogP contribution in [0, 0.1) is 0 Å². The molecule has 1 amide bonds. The minimum absolute atomic E-state index is 0.133. The topological polar surface area (TPSA) is 91.8 Å². The summed E-state index contributed by atoms with van der Waals surface area (Å²) in [6.45, 7) is 0.653. The molecule has 0 aliphatic rings. The van der Waals surface area contributed by atoms with Gasteiger partial charge in [-0.3, -0.25) is 4.79 Å². The Kier molecular flexibility index (Phi) is 5.17. The molecule has 0 fully saturated rings. The summed E-state index contributed by atoms with van der Waals surface area (Å²) < 4.78 is 45.8. The maximum absolute atomic E-state index is 11.3. The Balaban J connectivity index is 5.56. The first-order chi connectivity index (χ1) is 7.01. The lowest BCUT2D eigenvalue weighted by Gasteiger charge is -2.29. The summed E-state index contributed by atoms with van der Waals surface area (Å²) >= 11 is 5.36. The fourth-order valence-corrected chi connectivity index (χ4v) is 3.69. The molecular formula is C6H13ClN2O5S2. The molecule has 7 nitrogen and oxygen atoms in total. The van der Waals surface area contributed by atoms with Gasteiger partial charge in [-0.2, -0.15) is 4.41 Å². The van der Waals surface area contributed by atoms with Gasteiger partial charge in [0.25, 0.3) is 0 Å². The number of sulfonamides is 2. The highest BCUT2D eigenvalue weighted by atomic mass is 35.5. The summed E-state index contributed by atoms with van der Waals surface area (Å²) in [4.78, 5) is 11.2. The molecule has 0 rings (SSSR count). The number of hydrazine groups is 1. The van der Waals surface area contributed by atoms with Crippen molar-refractivity contribution in [1.29, 1.82) is 0 Å². The molecule has 0 aromatic rings. The van der Waals surface area contributed by atoms with Crippen LogP contribution in [-0.2, 0) is 24.8 Å². The summed E-state index contributed by atoms with van der Waals surface area (Å²) in [5.74, 6) is -1.05. The first-order valence-corrected chi connectivity index (χ1v) is 8.29. The van der Waals surface area contributed by atoms with Gasteiger partial charge < -0.3 is 0 Å². The number of hydrogen-bond donors (Lipinski definition) is 0. The van der Waals surface area contributed by atoms with Gasteiger partial charge in [-0.15, -0.1) is 11.6 Å². The molecule has 0 aliphatic heterocycles. The van der Waals surface area contributed by atoms with Gasteiger partial charge in [-0.05, 0) is 0 Å². The maximum Gasteiger partial charge on any atom is 0.249 e. The molecule has 0 aliphatic carbocycles. The SMILES string of the molecule is CC(=O)N(N(CCCl)S(C)(=O)=O)S(C)(=O)=O. The molecule has 10 heteroatoms. The van der Waals surface area contributed by atoms with E-state index in [2.05, 4.69) is 0 Å². The van der Waals surface area contributed by atoms with Crippen LogP contribution < -0.4 is 0 Å². The largest absolute Gasteiger partial charge is 0.273 e. The molecule has 0 aromatic carbocycles. The normalized spacial score (nSPS) is 12.8. The Hall–Kier alpha value is -0.380. The molecule has 16 heavy (non-hydrogen) atoms. The number of rotatable bonds is 5. The molecule has 96 valence electrons. The Morgan fingerprint density at radius 3 is 1.75 bits per heavy atom. The molecule has 0 spiro atoms. The lowest BCUT2D eigenvalue weighted by molar-refractivity contribution is -0.130. The summed E-state index contributed by atoms with van der Waals surface area (Å²) in [5.41, 5.74) is 0.